The van der Waals surface area contributed by atoms with Crippen molar-refractivity contribution in [2.45, 2.75) is 39.2 Å². The van der Waals surface area contributed by atoms with Gasteiger partial charge >= 0.3 is 0 Å². The average Bonchev–Trinajstić information content (AvgIpc) is 3.34. The van der Waals surface area contributed by atoms with Gasteiger partial charge in [-0.15, -0.1) is 11.3 Å². The summed E-state index contributed by atoms with van der Waals surface area (Å²) in [5, 5.41) is 1.99. The second kappa shape index (κ2) is 9.87. The molecule has 1 aliphatic rings. The minimum absolute atomic E-state index is 0.0365. The van der Waals surface area contributed by atoms with E-state index in [1.54, 1.807) is 28.4 Å². The highest BCUT2D eigenvalue weighted by molar-refractivity contribution is 7.10. The predicted octanol–water partition coefficient (Wildman–Crippen LogP) is 6.27. The van der Waals surface area contributed by atoms with E-state index in [0.717, 1.165) is 16.9 Å². The molecule has 0 spiro atoms. The van der Waals surface area contributed by atoms with Crippen molar-refractivity contribution in [3.63, 3.8) is 0 Å². The minimum atomic E-state index is -0.548. The first kappa shape index (κ1) is 23.2. The highest BCUT2D eigenvalue weighted by Gasteiger charge is 2.46. The molecule has 0 saturated carbocycles. The SMILES string of the molecule is CCCN(C(=O)[C@@H]1c2ccccc2C(=O)N(CC(C)C)[C@@H]1c1cccs1)c1ccc(F)cc1. The van der Waals surface area contributed by atoms with Crippen LogP contribution in [0, 0.1) is 11.7 Å². The zero-order chi connectivity index (χ0) is 23.5. The van der Waals surface area contributed by atoms with Crippen molar-refractivity contribution in [1.29, 1.82) is 0 Å². The summed E-state index contributed by atoms with van der Waals surface area (Å²) in [6.45, 7) is 7.25. The van der Waals surface area contributed by atoms with Crippen LogP contribution in [0.4, 0.5) is 10.1 Å². The first-order valence-corrected chi connectivity index (χ1v) is 12.3. The maximum absolute atomic E-state index is 14.3. The largest absolute Gasteiger partial charge is 0.329 e. The minimum Gasteiger partial charge on any atom is -0.329 e. The molecule has 2 heterocycles. The van der Waals surface area contributed by atoms with E-state index in [1.165, 1.54) is 12.1 Å². The molecule has 4 rings (SSSR count). The molecule has 1 aliphatic heterocycles. The van der Waals surface area contributed by atoms with E-state index in [4.69, 9.17) is 0 Å². The number of nitrogens with zero attached hydrogens (tertiary/aromatic N) is 2. The lowest BCUT2D eigenvalue weighted by molar-refractivity contribution is -0.121. The number of hydrogen-bond acceptors (Lipinski definition) is 3. The Balaban J connectivity index is 1.87. The van der Waals surface area contributed by atoms with Crippen LogP contribution < -0.4 is 4.90 Å². The lowest BCUT2D eigenvalue weighted by Gasteiger charge is -2.43. The smallest absolute Gasteiger partial charge is 0.254 e. The van der Waals surface area contributed by atoms with E-state index in [1.807, 2.05) is 53.6 Å². The summed E-state index contributed by atoms with van der Waals surface area (Å²) in [7, 11) is 0. The van der Waals surface area contributed by atoms with Crippen molar-refractivity contribution < 1.29 is 14.0 Å². The molecule has 4 nitrogen and oxygen atoms in total. The fraction of sp³-hybridized carbons (Fsp3) is 0.333. The van der Waals surface area contributed by atoms with E-state index in [-0.39, 0.29) is 29.6 Å². The van der Waals surface area contributed by atoms with Gasteiger partial charge in [-0.25, -0.2) is 4.39 Å². The molecule has 0 saturated heterocycles. The highest BCUT2D eigenvalue weighted by atomic mass is 32.1. The van der Waals surface area contributed by atoms with Gasteiger partial charge in [0.15, 0.2) is 0 Å². The van der Waals surface area contributed by atoms with E-state index >= 15 is 0 Å². The van der Waals surface area contributed by atoms with Gasteiger partial charge in [0, 0.05) is 29.2 Å². The molecule has 0 aliphatic carbocycles. The van der Waals surface area contributed by atoms with Crippen LogP contribution >= 0.6 is 11.3 Å². The Kier molecular flexibility index (Phi) is 6.94. The van der Waals surface area contributed by atoms with Gasteiger partial charge in [-0.3, -0.25) is 9.59 Å². The number of amides is 2. The number of carbonyl (C=O) groups excluding carboxylic acids is 2. The topological polar surface area (TPSA) is 40.6 Å². The van der Waals surface area contributed by atoms with Crippen molar-refractivity contribution in [2.24, 2.45) is 5.92 Å². The third kappa shape index (κ3) is 4.58. The molecule has 33 heavy (non-hydrogen) atoms. The van der Waals surface area contributed by atoms with Crippen LogP contribution in [0.15, 0.2) is 66.0 Å². The lowest BCUT2D eigenvalue weighted by Crippen LogP contribution is -2.49. The number of hydrogen-bond donors (Lipinski definition) is 0. The van der Waals surface area contributed by atoms with Crippen LogP contribution in [0.1, 0.15) is 60.0 Å². The Hall–Kier alpha value is -2.99. The van der Waals surface area contributed by atoms with E-state index in [2.05, 4.69) is 13.8 Å². The highest BCUT2D eigenvalue weighted by Crippen LogP contribution is 2.45. The Bertz CT molecular complexity index is 1110. The second-order valence-corrected chi connectivity index (χ2v) is 9.82. The molecule has 2 amide bonds. The third-order valence-corrected chi connectivity index (χ3v) is 6.90. The quantitative estimate of drug-likeness (QED) is 0.414. The zero-order valence-electron chi connectivity index (χ0n) is 19.2. The van der Waals surface area contributed by atoms with Gasteiger partial charge in [0.05, 0.1) is 12.0 Å². The van der Waals surface area contributed by atoms with Crippen LogP contribution in [-0.2, 0) is 4.79 Å². The molecule has 3 aromatic rings. The Morgan fingerprint density at radius 2 is 1.82 bits per heavy atom. The van der Waals surface area contributed by atoms with Gasteiger partial charge in [-0.1, -0.05) is 45.0 Å². The van der Waals surface area contributed by atoms with Gasteiger partial charge in [0.2, 0.25) is 5.91 Å². The van der Waals surface area contributed by atoms with Crippen molar-refractivity contribution in [3.8, 4) is 0 Å². The lowest BCUT2D eigenvalue weighted by atomic mass is 9.80. The summed E-state index contributed by atoms with van der Waals surface area (Å²) >= 11 is 1.57. The van der Waals surface area contributed by atoms with Gasteiger partial charge in [-0.2, -0.15) is 0 Å². The van der Waals surface area contributed by atoms with Crippen LogP contribution in [0.5, 0.6) is 0 Å². The predicted molar refractivity (Wildman–Crippen MR) is 131 cm³/mol. The molecule has 0 fully saturated rings. The monoisotopic (exact) mass is 464 g/mol. The zero-order valence-corrected chi connectivity index (χ0v) is 20.0. The summed E-state index contributed by atoms with van der Waals surface area (Å²) < 4.78 is 13.6. The molecule has 2 aromatic carbocycles. The van der Waals surface area contributed by atoms with Crippen LogP contribution in [0.3, 0.4) is 0 Å². The molecule has 1 aromatic heterocycles. The van der Waals surface area contributed by atoms with Crippen LogP contribution in [0.25, 0.3) is 0 Å². The van der Waals surface area contributed by atoms with Gasteiger partial charge in [0.1, 0.15) is 5.82 Å². The summed E-state index contributed by atoms with van der Waals surface area (Å²) in [6.07, 6.45) is 0.760. The molecule has 0 unspecified atom stereocenters. The number of fused-ring (bicyclic) bond motifs is 1. The normalized spacial score (nSPS) is 17.8. The number of thiophene rings is 1. The molecular formula is C27H29FN2O2S. The number of benzene rings is 2. The van der Waals surface area contributed by atoms with Crippen LogP contribution in [-0.4, -0.2) is 29.8 Å². The molecule has 6 heteroatoms. The maximum atomic E-state index is 14.3. The van der Waals surface area contributed by atoms with E-state index < -0.39 is 5.92 Å². The summed E-state index contributed by atoms with van der Waals surface area (Å²) in [6, 6.07) is 17.1. The Morgan fingerprint density at radius 3 is 2.45 bits per heavy atom. The van der Waals surface area contributed by atoms with E-state index in [9.17, 15) is 14.0 Å². The van der Waals surface area contributed by atoms with Crippen molar-refractivity contribution in [1.82, 2.24) is 4.90 Å². The van der Waals surface area contributed by atoms with Gasteiger partial charge in [-0.05, 0) is 59.7 Å². The number of carbonyl (C=O) groups is 2. The summed E-state index contributed by atoms with van der Waals surface area (Å²) in [5.74, 6) is -0.744. The van der Waals surface area contributed by atoms with Crippen molar-refractivity contribution >= 4 is 28.8 Å². The second-order valence-electron chi connectivity index (χ2n) is 8.84. The molecular weight excluding hydrogens is 435 g/mol. The Labute approximate surface area is 198 Å². The molecule has 2 atom stereocenters. The first-order chi connectivity index (χ1) is 15.9. The number of anilines is 1. The van der Waals surface area contributed by atoms with Gasteiger partial charge < -0.3 is 9.80 Å². The van der Waals surface area contributed by atoms with E-state index in [0.29, 0.717) is 24.3 Å². The third-order valence-electron chi connectivity index (χ3n) is 5.95. The average molecular weight is 465 g/mol. The number of rotatable bonds is 7. The van der Waals surface area contributed by atoms with Gasteiger partial charge in [0.25, 0.3) is 5.91 Å². The standard InChI is InChI=1S/C27H29FN2O2S/c1-4-15-29(20-13-11-19(28)12-14-20)27(32)24-21-8-5-6-9-22(21)26(31)30(17-18(2)3)25(24)23-10-7-16-33-23/h5-14,16,18,24-25H,4,15,17H2,1-3H3/t24-,25-/m1/s1. The van der Waals surface area contributed by atoms with Crippen molar-refractivity contribution in [3.05, 3.63) is 87.9 Å². The molecule has 0 radical (unpaired) electrons. The summed E-state index contributed by atoms with van der Waals surface area (Å²) in [5.41, 5.74) is 2.01. The molecule has 172 valence electrons. The molecule has 0 N–H and O–H groups in total. The number of halogens is 1. The van der Waals surface area contributed by atoms with Crippen molar-refractivity contribution in [2.75, 3.05) is 18.0 Å². The van der Waals surface area contributed by atoms with Crippen LogP contribution in [0.2, 0.25) is 0 Å². The molecule has 0 bridgehead atoms. The summed E-state index contributed by atoms with van der Waals surface area (Å²) in [4.78, 5) is 32.5. The maximum Gasteiger partial charge on any atom is 0.254 e. The fourth-order valence-electron chi connectivity index (χ4n) is 4.61. The fourth-order valence-corrected chi connectivity index (χ4v) is 5.48. The Morgan fingerprint density at radius 1 is 1.09 bits per heavy atom. The first-order valence-electron chi connectivity index (χ1n) is 11.4.